The molecule has 182 valence electrons. The van der Waals surface area contributed by atoms with Crippen LogP contribution < -0.4 is 10.2 Å². The van der Waals surface area contributed by atoms with E-state index in [1.54, 1.807) is 30.9 Å². The highest BCUT2D eigenvalue weighted by Gasteiger charge is 2.14. The van der Waals surface area contributed by atoms with Crippen LogP contribution in [-0.2, 0) is 6.42 Å². The van der Waals surface area contributed by atoms with Gasteiger partial charge in [-0.15, -0.1) is 0 Å². The van der Waals surface area contributed by atoms with Crippen molar-refractivity contribution < 1.29 is 4.79 Å². The number of rotatable bonds is 7. The number of anilines is 3. The van der Waals surface area contributed by atoms with E-state index in [4.69, 9.17) is 4.98 Å². The van der Waals surface area contributed by atoms with Gasteiger partial charge in [0.25, 0.3) is 0 Å². The quantitative estimate of drug-likeness (QED) is 0.279. The molecule has 3 N–H and O–H groups in total. The van der Waals surface area contributed by atoms with Gasteiger partial charge >= 0.3 is 0 Å². The first-order valence-corrected chi connectivity index (χ1v) is 11.7. The van der Waals surface area contributed by atoms with Crippen LogP contribution >= 0.6 is 0 Å². The van der Waals surface area contributed by atoms with Crippen molar-refractivity contribution in [2.75, 3.05) is 24.3 Å². The zero-order chi connectivity index (χ0) is 25.4. The van der Waals surface area contributed by atoms with Gasteiger partial charge in [-0.25, -0.2) is 9.97 Å². The van der Waals surface area contributed by atoms with Gasteiger partial charge in [-0.1, -0.05) is 12.1 Å². The number of hydrogen-bond donors (Lipinski definition) is 3. The minimum absolute atomic E-state index is 0.0154. The molecule has 4 aromatic heterocycles. The van der Waals surface area contributed by atoms with E-state index in [9.17, 15) is 4.79 Å². The highest BCUT2D eigenvalue weighted by Crippen LogP contribution is 2.30. The Morgan fingerprint density at radius 1 is 0.946 bits per heavy atom. The standard InChI is InChI=1S/C27H23N9O/c1-36(2)24-15-28-26(34-27(24)32-20-5-6-21-19(10-20)14-31-35-21)18-4-3-17-11-23(33-22(17)12-18)25(37)9-16-7-8-29-30-13-16/h3-8,10-15,33H,9H2,1-2H3,(H,31,35)(H,28,32,34). The predicted octanol–water partition coefficient (Wildman–Crippen LogP) is 4.53. The van der Waals surface area contributed by atoms with Crippen molar-refractivity contribution >= 4 is 44.8 Å². The van der Waals surface area contributed by atoms with Gasteiger partial charge in [0, 0.05) is 54.3 Å². The molecule has 0 aliphatic rings. The molecule has 0 spiro atoms. The van der Waals surface area contributed by atoms with Crippen molar-refractivity contribution in [1.29, 1.82) is 0 Å². The monoisotopic (exact) mass is 489 g/mol. The Balaban J connectivity index is 1.31. The summed E-state index contributed by atoms with van der Waals surface area (Å²) in [7, 11) is 3.91. The van der Waals surface area contributed by atoms with Gasteiger partial charge in [0.2, 0.25) is 0 Å². The zero-order valence-electron chi connectivity index (χ0n) is 20.2. The van der Waals surface area contributed by atoms with Crippen molar-refractivity contribution in [1.82, 2.24) is 35.3 Å². The molecule has 6 aromatic rings. The summed E-state index contributed by atoms with van der Waals surface area (Å²) in [5, 5.41) is 20.0. The molecule has 10 nitrogen and oxygen atoms in total. The molecule has 6 rings (SSSR count). The molecule has 0 fully saturated rings. The first kappa shape index (κ1) is 22.4. The first-order valence-electron chi connectivity index (χ1n) is 11.7. The van der Waals surface area contributed by atoms with E-state index >= 15 is 0 Å². The zero-order valence-corrected chi connectivity index (χ0v) is 20.2. The van der Waals surface area contributed by atoms with Crippen molar-refractivity contribution in [3.05, 3.63) is 84.6 Å². The average molecular weight is 490 g/mol. The molecule has 0 saturated carbocycles. The Kier molecular flexibility index (Phi) is 5.53. The maximum Gasteiger partial charge on any atom is 0.183 e. The van der Waals surface area contributed by atoms with Gasteiger partial charge in [0.05, 0.1) is 35.5 Å². The Labute approximate surface area is 211 Å². The molecule has 0 aliphatic carbocycles. The number of carbonyl (C=O) groups excluding carboxylic acids is 1. The molecule has 37 heavy (non-hydrogen) atoms. The van der Waals surface area contributed by atoms with E-state index in [1.165, 1.54) is 0 Å². The smallest absolute Gasteiger partial charge is 0.183 e. The summed E-state index contributed by atoms with van der Waals surface area (Å²) in [6.45, 7) is 0. The summed E-state index contributed by atoms with van der Waals surface area (Å²) in [6.07, 6.45) is 7.03. The third-order valence-corrected chi connectivity index (χ3v) is 6.15. The number of ketones is 1. The number of nitrogens with zero attached hydrogens (tertiary/aromatic N) is 6. The first-order chi connectivity index (χ1) is 18.0. The normalized spacial score (nSPS) is 11.2. The number of H-pyrrole nitrogens is 2. The maximum atomic E-state index is 12.8. The summed E-state index contributed by atoms with van der Waals surface area (Å²) in [5.41, 5.74) is 5.77. The SMILES string of the molecule is CN(C)c1cnc(-c2ccc3cc(C(=O)Cc4ccnnc4)[nH]c3c2)nc1Nc1ccc2[nH]ncc2c1. The number of nitrogens with one attached hydrogen (secondary N) is 3. The Hall–Kier alpha value is -5.12. The Morgan fingerprint density at radius 3 is 2.70 bits per heavy atom. The number of Topliss-reactive ketones (excluding diaryl/α,β-unsaturated/α-hetero) is 1. The number of benzene rings is 2. The number of aromatic nitrogens is 7. The molecule has 0 radical (unpaired) electrons. The van der Waals surface area contributed by atoms with Crippen molar-refractivity contribution in [2.45, 2.75) is 6.42 Å². The lowest BCUT2D eigenvalue weighted by atomic mass is 10.1. The van der Waals surface area contributed by atoms with Crippen LogP contribution in [0.2, 0.25) is 0 Å². The highest BCUT2D eigenvalue weighted by molar-refractivity contribution is 6.01. The van der Waals surface area contributed by atoms with Gasteiger partial charge < -0.3 is 15.2 Å². The lowest BCUT2D eigenvalue weighted by Gasteiger charge is -2.18. The van der Waals surface area contributed by atoms with Crippen LogP contribution in [0.25, 0.3) is 33.2 Å². The molecule has 10 heteroatoms. The van der Waals surface area contributed by atoms with E-state index in [0.29, 0.717) is 17.3 Å². The van der Waals surface area contributed by atoms with Crippen LogP contribution in [0.1, 0.15) is 16.1 Å². The number of hydrogen-bond acceptors (Lipinski definition) is 8. The summed E-state index contributed by atoms with van der Waals surface area (Å²) >= 11 is 0. The van der Waals surface area contributed by atoms with E-state index < -0.39 is 0 Å². The molecule has 0 amide bonds. The predicted molar refractivity (Wildman–Crippen MR) is 143 cm³/mol. The fourth-order valence-corrected chi connectivity index (χ4v) is 4.21. The van der Waals surface area contributed by atoms with Crippen molar-refractivity contribution in [3.8, 4) is 11.4 Å². The summed E-state index contributed by atoms with van der Waals surface area (Å²) in [5.74, 6) is 1.24. The van der Waals surface area contributed by atoms with E-state index in [0.717, 1.165) is 44.3 Å². The molecular formula is C27H23N9O. The number of aromatic amines is 2. The summed E-state index contributed by atoms with van der Waals surface area (Å²) in [6, 6.07) is 15.5. The van der Waals surface area contributed by atoms with Crippen LogP contribution in [0.3, 0.4) is 0 Å². The van der Waals surface area contributed by atoms with Crippen LogP contribution in [0.15, 0.2) is 73.3 Å². The molecule has 0 saturated heterocycles. The van der Waals surface area contributed by atoms with Crippen molar-refractivity contribution in [3.63, 3.8) is 0 Å². The second-order valence-electron chi connectivity index (χ2n) is 8.95. The van der Waals surface area contributed by atoms with E-state index in [2.05, 4.69) is 35.7 Å². The summed E-state index contributed by atoms with van der Waals surface area (Å²) in [4.78, 5) is 27.5. The van der Waals surface area contributed by atoms with Crippen LogP contribution in [0.4, 0.5) is 17.2 Å². The molecule has 2 aromatic carbocycles. The number of fused-ring (bicyclic) bond motifs is 2. The fraction of sp³-hybridized carbons (Fsp3) is 0.111. The average Bonchev–Trinajstić information content (AvgIpc) is 3.55. The lowest BCUT2D eigenvalue weighted by Crippen LogP contribution is -2.13. The van der Waals surface area contributed by atoms with Crippen LogP contribution in [0.5, 0.6) is 0 Å². The second kappa shape index (κ2) is 9.15. The minimum Gasteiger partial charge on any atom is -0.373 e. The minimum atomic E-state index is -0.0154. The van der Waals surface area contributed by atoms with E-state index in [1.807, 2.05) is 61.5 Å². The number of carbonyl (C=O) groups is 1. The molecule has 4 heterocycles. The third kappa shape index (κ3) is 4.47. The van der Waals surface area contributed by atoms with E-state index in [-0.39, 0.29) is 12.2 Å². The Morgan fingerprint density at radius 2 is 1.86 bits per heavy atom. The topological polar surface area (TPSA) is 128 Å². The summed E-state index contributed by atoms with van der Waals surface area (Å²) < 4.78 is 0. The molecule has 0 bridgehead atoms. The highest BCUT2D eigenvalue weighted by atomic mass is 16.1. The second-order valence-corrected chi connectivity index (χ2v) is 8.95. The fourth-order valence-electron chi connectivity index (χ4n) is 4.21. The maximum absolute atomic E-state index is 12.8. The van der Waals surface area contributed by atoms with Crippen molar-refractivity contribution in [2.24, 2.45) is 0 Å². The lowest BCUT2D eigenvalue weighted by molar-refractivity contribution is 0.0989. The van der Waals surface area contributed by atoms with Crippen LogP contribution in [-0.4, -0.2) is 55.2 Å². The Bertz CT molecular complexity index is 1740. The molecule has 0 aliphatic heterocycles. The van der Waals surface area contributed by atoms with Gasteiger partial charge in [0.1, 0.15) is 0 Å². The molecule has 0 unspecified atom stereocenters. The largest absolute Gasteiger partial charge is 0.373 e. The van der Waals surface area contributed by atoms with Crippen LogP contribution in [0, 0.1) is 0 Å². The molecule has 0 atom stereocenters. The molecular weight excluding hydrogens is 466 g/mol. The van der Waals surface area contributed by atoms with Gasteiger partial charge in [-0.3, -0.25) is 9.89 Å². The van der Waals surface area contributed by atoms with Gasteiger partial charge in [0.15, 0.2) is 17.4 Å². The van der Waals surface area contributed by atoms with Gasteiger partial charge in [-0.2, -0.15) is 15.3 Å². The van der Waals surface area contributed by atoms with Gasteiger partial charge in [-0.05, 0) is 42.0 Å². The third-order valence-electron chi connectivity index (χ3n) is 6.15.